The highest BCUT2D eigenvalue weighted by Crippen LogP contribution is 2.17. The van der Waals surface area contributed by atoms with Crippen LogP contribution in [0.25, 0.3) is 0 Å². The van der Waals surface area contributed by atoms with Crippen LogP contribution in [0.2, 0.25) is 0 Å². The van der Waals surface area contributed by atoms with E-state index >= 15 is 0 Å². The minimum atomic E-state index is -0.408. The number of nitro benzene ring substituents is 1. The fraction of sp³-hybridized carbons (Fsp3) is 0.412. The van der Waals surface area contributed by atoms with Crippen LogP contribution in [-0.2, 0) is 6.42 Å². The third-order valence-corrected chi connectivity index (χ3v) is 4.57. The Balaban J connectivity index is 1.79. The maximum atomic E-state index is 10.6. The number of rotatable bonds is 9. The van der Waals surface area contributed by atoms with Crippen molar-refractivity contribution in [3.63, 3.8) is 0 Å². The molecule has 1 aromatic carbocycles. The summed E-state index contributed by atoms with van der Waals surface area (Å²) in [6.45, 7) is 6.75. The number of thiophene rings is 1. The van der Waals surface area contributed by atoms with Crippen LogP contribution in [0.15, 0.2) is 41.1 Å². The molecule has 0 fully saturated rings. The Morgan fingerprint density at radius 3 is 2.61 bits per heavy atom. The molecular weight excluding hydrogens is 312 g/mol. The lowest BCUT2D eigenvalue weighted by Gasteiger charge is -2.27. The van der Waals surface area contributed by atoms with Gasteiger partial charge in [-0.05, 0) is 54.4 Å². The van der Waals surface area contributed by atoms with E-state index in [1.54, 1.807) is 23.5 Å². The van der Waals surface area contributed by atoms with Crippen molar-refractivity contribution in [2.75, 3.05) is 19.7 Å². The molecule has 1 unspecified atom stereocenters. The largest absolute Gasteiger partial charge is 0.492 e. The van der Waals surface area contributed by atoms with Gasteiger partial charge in [0.2, 0.25) is 0 Å². The normalized spacial score (nSPS) is 12.3. The number of nitro groups is 1. The fourth-order valence-electron chi connectivity index (χ4n) is 2.51. The average molecular weight is 334 g/mol. The highest BCUT2D eigenvalue weighted by Gasteiger charge is 2.13. The van der Waals surface area contributed by atoms with Gasteiger partial charge < -0.3 is 4.74 Å². The summed E-state index contributed by atoms with van der Waals surface area (Å²) in [6, 6.07) is 8.84. The van der Waals surface area contributed by atoms with E-state index in [0.29, 0.717) is 18.4 Å². The van der Waals surface area contributed by atoms with Crippen LogP contribution < -0.4 is 4.74 Å². The van der Waals surface area contributed by atoms with Gasteiger partial charge in [-0.25, -0.2) is 0 Å². The van der Waals surface area contributed by atoms with E-state index < -0.39 is 4.92 Å². The molecule has 0 amide bonds. The van der Waals surface area contributed by atoms with Crippen molar-refractivity contribution in [1.29, 1.82) is 0 Å². The van der Waals surface area contributed by atoms with Crippen LogP contribution in [0, 0.1) is 10.1 Å². The second-order valence-electron chi connectivity index (χ2n) is 5.41. The van der Waals surface area contributed by atoms with Crippen LogP contribution in [0.1, 0.15) is 19.4 Å². The van der Waals surface area contributed by atoms with Gasteiger partial charge in [0.15, 0.2) is 0 Å². The summed E-state index contributed by atoms with van der Waals surface area (Å²) in [6.07, 6.45) is 1.04. The zero-order valence-corrected chi connectivity index (χ0v) is 14.3. The lowest BCUT2D eigenvalue weighted by atomic mass is 10.1. The molecule has 0 saturated carbocycles. The second kappa shape index (κ2) is 8.64. The van der Waals surface area contributed by atoms with Gasteiger partial charge in [0.05, 0.1) is 4.92 Å². The standard InChI is InChI=1S/C17H22N2O3S/c1-3-18(14(2)12-15-8-11-23-13-15)9-10-22-17-6-4-16(5-7-17)19(20)21/h4-8,11,13-14H,3,9-10,12H2,1-2H3. The first kappa shape index (κ1) is 17.4. The van der Waals surface area contributed by atoms with Crippen molar-refractivity contribution in [1.82, 2.24) is 4.90 Å². The number of hydrogen-bond acceptors (Lipinski definition) is 5. The number of non-ortho nitro benzene ring substituents is 1. The third kappa shape index (κ3) is 5.33. The Kier molecular flexibility index (Phi) is 6.55. The molecule has 0 aliphatic heterocycles. The quantitative estimate of drug-likeness (QED) is 0.514. The molecular formula is C17H22N2O3S. The Morgan fingerprint density at radius 2 is 2.04 bits per heavy atom. The van der Waals surface area contributed by atoms with E-state index in [0.717, 1.165) is 19.5 Å². The summed E-state index contributed by atoms with van der Waals surface area (Å²) >= 11 is 1.73. The molecule has 0 spiro atoms. The number of hydrogen-bond donors (Lipinski definition) is 0. The molecule has 1 aromatic heterocycles. The summed E-state index contributed by atoms with van der Waals surface area (Å²) in [4.78, 5) is 12.6. The molecule has 2 aromatic rings. The minimum Gasteiger partial charge on any atom is -0.492 e. The number of ether oxygens (including phenoxy) is 1. The molecule has 0 aliphatic rings. The Hall–Kier alpha value is -1.92. The van der Waals surface area contributed by atoms with Gasteiger partial charge in [0.25, 0.3) is 5.69 Å². The van der Waals surface area contributed by atoms with Crippen molar-refractivity contribution < 1.29 is 9.66 Å². The van der Waals surface area contributed by atoms with Crippen molar-refractivity contribution in [2.45, 2.75) is 26.3 Å². The lowest BCUT2D eigenvalue weighted by molar-refractivity contribution is -0.384. The molecule has 23 heavy (non-hydrogen) atoms. The van der Waals surface area contributed by atoms with E-state index in [9.17, 15) is 10.1 Å². The summed E-state index contributed by atoms with van der Waals surface area (Å²) in [5.41, 5.74) is 1.45. The second-order valence-corrected chi connectivity index (χ2v) is 6.19. The third-order valence-electron chi connectivity index (χ3n) is 3.84. The van der Waals surface area contributed by atoms with Gasteiger partial charge in [-0.3, -0.25) is 15.0 Å². The summed E-state index contributed by atoms with van der Waals surface area (Å²) in [5.74, 6) is 0.664. The van der Waals surface area contributed by atoms with Gasteiger partial charge in [0, 0.05) is 24.7 Å². The van der Waals surface area contributed by atoms with Crippen LogP contribution in [-0.4, -0.2) is 35.6 Å². The molecule has 0 N–H and O–H groups in total. The van der Waals surface area contributed by atoms with Gasteiger partial charge in [-0.15, -0.1) is 0 Å². The van der Waals surface area contributed by atoms with E-state index in [1.165, 1.54) is 17.7 Å². The zero-order chi connectivity index (χ0) is 16.7. The Morgan fingerprint density at radius 1 is 1.30 bits per heavy atom. The fourth-order valence-corrected chi connectivity index (χ4v) is 3.20. The lowest BCUT2D eigenvalue weighted by Crippen LogP contribution is -2.37. The predicted molar refractivity (Wildman–Crippen MR) is 93.3 cm³/mol. The highest BCUT2D eigenvalue weighted by molar-refractivity contribution is 7.07. The van der Waals surface area contributed by atoms with Crippen molar-refractivity contribution in [3.05, 3.63) is 56.8 Å². The smallest absolute Gasteiger partial charge is 0.269 e. The molecule has 0 saturated heterocycles. The molecule has 5 nitrogen and oxygen atoms in total. The minimum absolute atomic E-state index is 0.0805. The first-order chi connectivity index (χ1) is 11.1. The monoisotopic (exact) mass is 334 g/mol. The molecule has 0 radical (unpaired) electrons. The average Bonchev–Trinajstić information content (AvgIpc) is 3.04. The van der Waals surface area contributed by atoms with Crippen molar-refractivity contribution in [3.8, 4) is 5.75 Å². The molecule has 124 valence electrons. The molecule has 0 aliphatic carbocycles. The summed E-state index contributed by atoms with van der Waals surface area (Å²) in [7, 11) is 0. The van der Waals surface area contributed by atoms with Crippen LogP contribution >= 0.6 is 11.3 Å². The van der Waals surface area contributed by atoms with Crippen LogP contribution in [0.3, 0.4) is 0 Å². The SMILES string of the molecule is CCN(CCOc1ccc([N+](=O)[O-])cc1)C(C)Cc1ccsc1. The van der Waals surface area contributed by atoms with Crippen LogP contribution in [0.4, 0.5) is 5.69 Å². The Labute approximate surface area is 140 Å². The first-order valence-corrected chi connectivity index (χ1v) is 8.66. The maximum absolute atomic E-state index is 10.6. The Bertz CT molecular complexity index is 599. The van der Waals surface area contributed by atoms with Gasteiger partial charge in [-0.2, -0.15) is 11.3 Å². The molecule has 1 atom stereocenters. The molecule has 1 heterocycles. The summed E-state index contributed by atoms with van der Waals surface area (Å²) < 4.78 is 5.70. The number of nitrogens with zero attached hydrogens (tertiary/aromatic N) is 2. The zero-order valence-electron chi connectivity index (χ0n) is 13.5. The van der Waals surface area contributed by atoms with Gasteiger partial charge >= 0.3 is 0 Å². The van der Waals surface area contributed by atoms with Crippen molar-refractivity contribution >= 4 is 17.0 Å². The maximum Gasteiger partial charge on any atom is 0.269 e. The van der Waals surface area contributed by atoms with Crippen molar-refractivity contribution in [2.24, 2.45) is 0 Å². The molecule has 2 rings (SSSR count). The van der Waals surface area contributed by atoms with Gasteiger partial charge in [0.1, 0.15) is 12.4 Å². The highest BCUT2D eigenvalue weighted by atomic mass is 32.1. The summed E-state index contributed by atoms with van der Waals surface area (Å²) in [5, 5.41) is 14.9. The molecule has 0 bridgehead atoms. The predicted octanol–water partition coefficient (Wildman–Crippen LogP) is 3.99. The number of benzene rings is 1. The van der Waals surface area contributed by atoms with E-state index in [2.05, 4.69) is 35.6 Å². The molecule has 6 heteroatoms. The topological polar surface area (TPSA) is 55.6 Å². The number of likely N-dealkylation sites (N-methyl/N-ethyl adjacent to an activating group) is 1. The first-order valence-electron chi connectivity index (χ1n) is 7.72. The van der Waals surface area contributed by atoms with E-state index in [-0.39, 0.29) is 5.69 Å². The van der Waals surface area contributed by atoms with E-state index in [1.807, 2.05) is 0 Å². The van der Waals surface area contributed by atoms with E-state index in [4.69, 9.17) is 4.74 Å². The van der Waals surface area contributed by atoms with Crippen LogP contribution in [0.5, 0.6) is 5.75 Å². The van der Waals surface area contributed by atoms with Gasteiger partial charge in [-0.1, -0.05) is 6.92 Å².